The van der Waals surface area contributed by atoms with Crippen molar-refractivity contribution in [1.82, 2.24) is 4.98 Å². The summed E-state index contributed by atoms with van der Waals surface area (Å²) >= 11 is 1.55. The Balaban J connectivity index is 1.72. The van der Waals surface area contributed by atoms with Crippen molar-refractivity contribution in [1.29, 1.82) is 0 Å². The molecule has 0 aliphatic heterocycles. The monoisotopic (exact) mass is 350 g/mol. The zero-order valence-corrected chi connectivity index (χ0v) is 14.8. The van der Waals surface area contributed by atoms with Gasteiger partial charge in [-0.05, 0) is 49.8 Å². The van der Waals surface area contributed by atoms with Crippen molar-refractivity contribution in [3.63, 3.8) is 0 Å². The molecule has 126 valence electrons. The first-order valence-electron chi connectivity index (χ1n) is 7.85. The third-order valence-corrected chi connectivity index (χ3v) is 4.20. The average molecular weight is 350 g/mol. The summed E-state index contributed by atoms with van der Waals surface area (Å²) < 4.78 is 5.91. The number of nitrogens with one attached hydrogen (secondary N) is 1. The minimum Gasteiger partial charge on any atom is -0.455 e. The first kappa shape index (κ1) is 16.9. The molecule has 1 heterocycles. The molecule has 0 aliphatic rings. The second-order valence-corrected chi connectivity index (χ2v) is 6.59. The van der Waals surface area contributed by atoms with Gasteiger partial charge in [-0.1, -0.05) is 24.3 Å². The Kier molecular flexibility index (Phi) is 5.26. The number of hydrogen-bond donors (Lipinski definition) is 1. The van der Waals surface area contributed by atoms with Gasteiger partial charge in [0.15, 0.2) is 5.75 Å². The zero-order chi connectivity index (χ0) is 17.6. The fraction of sp³-hybridized carbons (Fsp3) is 0.100. The Morgan fingerprint density at radius 3 is 2.76 bits per heavy atom. The van der Waals surface area contributed by atoms with E-state index in [2.05, 4.69) is 10.3 Å². The minimum absolute atomic E-state index is 0.231. The molecule has 0 saturated carbocycles. The van der Waals surface area contributed by atoms with Gasteiger partial charge in [-0.25, -0.2) is 4.98 Å². The summed E-state index contributed by atoms with van der Waals surface area (Å²) in [5, 5.41) is 5.73. The van der Waals surface area contributed by atoms with Gasteiger partial charge in [0.05, 0.1) is 16.4 Å². The average Bonchev–Trinajstić information content (AvgIpc) is 3.00. The van der Waals surface area contributed by atoms with E-state index >= 15 is 0 Å². The van der Waals surface area contributed by atoms with Crippen molar-refractivity contribution in [3.8, 4) is 11.5 Å². The molecular formula is C20H18N2O2S. The molecule has 0 spiro atoms. The number of aryl methyl sites for hydroxylation is 2. The summed E-state index contributed by atoms with van der Waals surface area (Å²) in [5.74, 6) is 1.10. The maximum atomic E-state index is 12.2. The van der Waals surface area contributed by atoms with E-state index in [0.29, 0.717) is 11.4 Å². The van der Waals surface area contributed by atoms with Crippen molar-refractivity contribution in [3.05, 3.63) is 76.3 Å². The van der Waals surface area contributed by atoms with Gasteiger partial charge in [-0.2, -0.15) is 0 Å². The van der Waals surface area contributed by atoms with E-state index in [1.165, 1.54) is 6.08 Å². The van der Waals surface area contributed by atoms with Gasteiger partial charge >= 0.3 is 0 Å². The van der Waals surface area contributed by atoms with E-state index in [1.54, 1.807) is 17.4 Å². The summed E-state index contributed by atoms with van der Waals surface area (Å²) in [5.41, 5.74) is 2.51. The number of carbonyl (C=O) groups excluding carboxylic acids is 1. The molecule has 0 radical (unpaired) electrons. The molecule has 25 heavy (non-hydrogen) atoms. The second kappa shape index (κ2) is 7.77. The van der Waals surface area contributed by atoms with Crippen LogP contribution in [0, 0.1) is 13.8 Å². The van der Waals surface area contributed by atoms with E-state index in [0.717, 1.165) is 22.0 Å². The quantitative estimate of drug-likeness (QED) is 0.643. The van der Waals surface area contributed by atoms with Crippen LogP contribution >= 0.6 is 11.3 Å². The summed E-state index contributed by atoms with van der Waals surface area (Å²) in [7, 11) is 0. The summed E-state index contributed by atoms with van der Waals surface area (Å²) in [4.78, 5) is 16.5. The molecule has 0 aliphatic carbocycles. The number of nitrogens with zero attached hydrogens (tertiary/aromatic N) is 1. The van der Waals surface area contributed by atoms with E-state index < -0.39 is 0 Å². The maximum absolute atomic E-state index is 12.2. The number of para-hydroxylation sites is 2. The Morgan fingerprint density at radius 2 is 2.00 bits per heavy atom. The van der Waals surface area contributed by atoms with Crippen molar-refractivity contribution in [2.45, 2.75) is 13.8 Å². The number of rotatable bonds is 5. The lowest BCUT2D eigenvalue weighted by Gasteiger charge is -2.11. The van der Waals surface area contributed by atoms with Crippen LogP contribution in [0.1, 0.15) is 16.3 Å². The van der Waals surface area contributed by atoms with Gasteiger partial charge in [0, 0.05) is 11.5 Å². The number of ether oxygens (including phenoxy) is 1. The molecule has 3 rings (SSSR count). The molecule has 3 aromatic rings. The minimum atomic E-state index is -0.231. The summed E-state index contributed by atoms with van der Waals surface area (Å²) in [6.07, 6.45) is 3.17. The van der Waals surface area contributed by atoms with Gasteiger partial charge in [0.1, 0.15) is 5.75 Å². The van der Waals surface area contributed by atoms with Gasteiger partial charge in [-0.3, -0.25) is 4.79 Å². The Hall–Kier alpha value is -2.92. The van der Waals surface area contributed by atoms with Gasteiger partial charge < -0.3 is 10.1 Å². The number of benzene rings is 2. The fourth-order valence-corrected chi connectivity index (χ4v) is 2.84. The summed E-state index contributed by atoms with van der Waals surface area (Å²) in [6.45, 7) is 3.94. The van der Waals surface area contributed by atoms with E-state index in [-0.39, 0.29) is 5.91 Å². The first-order valence-corrected chi connectivity index (χ1v) is 8.73. The topological polar surface area (TPSA) is 51.2 Å². The lowest BCUT2D eigenvalue weighted by Crippen LogP contribution is -2.08. The van der Waals surface area contributed by atoms with Crippen LogP contribution in [0.15, 0.2) is 60.0 Å². The van der Waals surface area contributed by atoms with Crippen molar-refractivity contribution >= 4 is 29.0 Å². The lowest BCUT2D eigenvalue weighted by atomic mass is 10.2. The van der Waals surface area contributed by atoms with Crippen LogP contribution < -0.4 is 10.1 Å². The highest BCUT2D eigenvalue weighted by Crippen LogP contribution is 2.29. The number of carbonyl (C=O) groups is 1. The molecule has 0 fully saturated rings. The molecule has 1 aromatic heterocycles. The van der Waals surface area contributed by atoms with Crippen LogP contribution in [-0.2, 0) is 4.79 Å². The highest BCUT2D eigenvalue weighted by atomic mass is 32.1. The smallest absolute Gasteiger partial charge is 0.248 e. The largest absolute Gasteiger partial charge is 0.455 e. The van der Waals surface area contributed by atoms with Crippen LogP contribution in [0.3, 0.4) is 0 Å². The number of aromatic nitrogens is 1. The van der Waals surface area contributed by atoms with Crippen LogP contribution in [-0.4, -0.2) is 10.9 Å². The molecule has 0 atom stereocenters. The predicted octanol–water partition coefficient (Wildman–Crippen LogP) is 5.20. The Bertz CT molecular complexity index is 915. The van der Waals surface area contributed by atoms with Crippen LogP contribution in [0.2, 0.25) is 0 Å². The van der Waals surface area contributed by atoms with Gasteiger partial charge in [0.25, 0.3) is 0 Å². The molecule has 5 heteroatoms. The van der Waals surface area contributed by atoms with Crippen LogP contribution in [0.25, 0.3) is 6.08 Å². The first-order chi connectivity index (χ1) is 12.1. The standard InChI is InChI=1S/C20H18N2O2S/c1-14-6-5-7-17(12-14)24-19-9-4-3-8-18(19)22-20(23)11-10-16-13-25-15(2)21-16/h3-13H,1-2H3,(H,22,23)/b11-10+. The molecule has 4 nitrogen and oxygen atoms in total. The highest BCUT2D eigenvalue weighted by Gasteiger charge is 2.07. The lowest BCUT2D eigenvalue weighted by molar-refractivity contribution is -0.111. The molecule has 1 N–H and O–H groups in total. The molecular weight excluding hydrogens is 332 g/mol. The van der Waals surface area contributed by atoms with Gasteiger partial charge in [-0.15, -0.1) is 11.3 Å². The van der Waals surface area contributed by atoms with E-state index in [4.69, 9.17) is 4.74 Å². The van der Waals surface area contributed by atoms with Gasteiger partial charge in [0.2, 0.25) is 5.91 Å². The van der Waals surface area contributed by atoms with Crippen molar-refractivity contribution in [2.24, 2.45) is 0 Å². The number of anilines is 1. The number of amides is 1. The third kappa shape index (κ3) is 4.78. The van der Waals surface area contributed by atoms with E-state index in [9.17, 15) is 4.79 Å². The molecule has 0 unspecified atom stereocenters. The number of thiazole rings is 1. The molecule has 0 saturated heterocycles. The van der Waals surface area contributed by atoms with Crippen molar-refractivity contribution < 1.29 is 9.53 Å². The zero-order valence-electron chi connectivity index (χ0n) is 14.0. The third-order valence-electron chi connectivity index (χ3n) is 3.40. The van der Waals surface area contributed by atoms with Crippen LogP contribution in [0.5, 0.6) is 11.5 Å². The summed E-state index contributed by atoms with van der Waals surface area (Å²) in [6, 6.07) is 15.1. The predicted molar refractivity (Wildman–Crippen MR) is 102 cm³/mol. The number of hydrogen-bond acceptors (Lipinski definition) is 4. The normalized spacial score (nSPS) is 10.8. The van der Waals surface area contributed by atoms with E-state index in [1.807, 2.05) is 67.8 Å². The molecule has 1 amide bonds. The maximum Gasteiger partial charge on any atom is 0.248 e. The highest BCUT2D eigenvalue weighted by molar-refractivity contribution is 7.09. The van der Waals surface area contributed by atoms with Crippen molar-refractivity contribution in [2.75, 3.05) is 5.32 Å². The Labute approximate surface area is 150 Å². The molecule has 0 bridgehead atoms. The molecule has 2 aromatic carbocycles. The SMILES string of the molecule is Cc1cccc(Oc2ccccc2NC(=O)/C=C/c2csc(C)n2)c1. The van der Waals surface area contributed by atoms with Crippen LogP contribution in [0.4, 0.5) is 5.69 Å². The second-order valence-electron chi connectivity index (χ2n) is 5.53. The Morgan fingerprint density at radius 1 is 1.16 bits per heavy atom. The fourth-order valence-electron chi connectivity index (χ4n) is 2.26.